The lowest BCUT2D eigenvalue weighted by Gasteiger charge is -2.34. The van der Waals surface area contributed by atoms with Crippen LogP contribution in [0.25, 0.3) is 0 Å². The molecule has 0 aliphatic carbocycles. The summed E-state index contributed by atoms with van der Waals surface area (Å²) in [5, 5.41) is 15.0. The molecule has 0 bridgehead atoms. The molecule has 0 aromatic heterocycles. The highest BCUT2D eigenvalue weighted by Crippen LogP contribution is 2.24. The molecule has 0 fully saturated rings. The number of carbonyl (C=O) groups excluding carboxylic acids is 1. The average molecular weight is 281 g/mol. The Morgan fingerprint density at radius 2 is 2.15 bits per heavy atom. The zero-order chi connectivity index (χ0) is 14.9. The average Bonchev–Trinajstić information content (AvgIpc) is 2.35. The number of hydrogen-bond donors (Lipinski definition) is 3. The summed E-state index contributed by atoms with van der Waals surface area (Å²) in [5.41, 5.74) is 0.819. The maximum absolute atomic E-state index is 12.2. The zero-order valence-corrected chi connectivity index (χ0v) is 11.8. The Labute approximate surface area is 117 Å². The number of carbonyl (C=O) groups is 2. The van der Waals surface area contributed by atoms with Gasteiger partial charge >= 0.3 is 12.1 Å². The second-order valence-electron chi connectivity index (χ2n) is 5.71. The van der Waals surface area contributed by atoms with Crippen LogP contribution in [0.15, 0.2) is 23.8 Å². The minimum absolute atomic E-state index is 0.223. The second kappa shape index (κ2) is 5.16. The molecule has 20 heavy (non-hydrogen) atoms. The second-order valence-corrected chi connectivity index (χ2v) is 5.71. The number of carboxylic acid groups (broad SMARTS) is 1. The van der Waals surface area contributed by atoms with Gasteiger partial charge in [0.15, 0.2) is 0 Å². The van der Waals surface area contributed by atoms with E-state index in [1.807, 2.05) is 0 Å². The van der Waals surface area contributed by atoms with Crippen LogP contribution in [-0.2, 0) is 9.53 Å². The Morgan fingerprint density at radius 1 is 1.45 bits per heavy atom. The van der Waals surface area contributed by atoms with Crippen LogP contribution in [0.2, 0.25) is 0 Å². The van der Waals surface area contributed by atoms with Crippen molar-refractivity contribution in [1.29, 1.82) is 0 Å². The van der Waals surface area contributed by atoms with Crippen molar-refractivity contribution in [3.8, 4) is 0 Å². The van der Waals surface area contributed by atoms with Crippen molar-refractivity contribution in [2.24, 2.45) is 0 Å². The van der Waals surface area contributed by atoms with Crippen LogP contribution in [-0.4, -0.2) is 40.3 Å². The predicted octanol–water partition coefficient (Wildman–Crippen LogP) is 0.956. The number of aliphatic carboxylic acids is 1. The van der Waals surface area contributed by atoms with E-state index in [1.54, 1.807) is 33.2 Å². The fraction of sp³-hybridized carbons (Fsp3) is 0.538. The van der Waals surface area contributed by atoms with Gasteiger partial charge in [0.05, 0.1) is 5.70 Å². The predicted molar refractivity (Wildman–Crippen MR) is 71.4 cm³/mol. The SMILES string of the molecule is CC(C)(C)OC(=O)N1C=CNC2=C1CC(C(=O)O)NC2. The number of amides is 1. The Kier molecular flexibility index (Phi) is 3.71. The first-order valence-electron chi connectivity index (χ1n) is 6.41. The van der Waals surface area contributed by atoms with Crippen LogP contribution in [0, 0.1) is 0 Å². The number of hydrogen-bond acceptors (Lipinski definition) is 5. The molecule has 1 unspecified atom stereocenters. The minimum atomic E-state index is -0.935. The van der Waals surface area contributed by atoms with E-state index < -0.39 is 23.7 Å². The van der Waals surface area contributed by atoms with E-state index >= 15 is 0 Å². The van der Waals surface area contributed by atoms with E-state index in [9.17, 15) is 9.59 Å². The molecule has 0 aromatic rings. The first-order chi connectivity index (χ1) is 9.28. The van der Waals surface area contributed by atoms with Gasteiger partial charge in [0.1, 0.15) is 11.6 Å². The van der Waals surface area contributed by atoms with E-state index in [4.69, 9.17) is 9.84 Å². The number of ether oxygens (including phenoxy) is 1. The maximum Gasteiger partial charge on any atom is 0.418 e. The summed E-state index contributed by atoms with van der Waals surface area (Å²) in [7, 11) is 0. The summed E-state index contributed by atoms with van der Waals surface area (Å²) in [5.74, 6) is -0.935. The van der Waals surface area contributed by atoms with Gasteiger partial charge in [-0.2, -0.15) is 0 Å². The lowest BCUT2D eigenvalue weighted by atomic mass is 10.0. The summed E-state index contributed by atoms with van der Waals surface area (Å²) < 4.78 is 5.33. The third-order valence-corrected chi connectivity index (χ3v) is 2.93. The summed E-state index contributed by atoms with van der Waals surface area (Å²) >= 11 is 0. The van der Waals surface area contributed by atoms with E-state index in [1.165, 1.54) is 4.90 Å². The molecule has 0 saturated heterocycles. The Bertz CT molecular complexity index is 490. The van der Waals surface area contributed by atoms with Crippen LogP contribution in [0.5, 0.6) is 0 Å². The normalized spacial score (nSPS) is 22.1. The zero-order valence-electron chi connectivity index (χ0n) is 11.8. The van der Waals surface area contributed by atoms with E-state index in [-0.39, 0.29) is 6.42 Å². The molecule has 7 heteroatoms. The third-order valence-electron chi connectivity index (χ3n) is 2.93. The Hall–Kier alpha value is -2.02. The number of nitrogens with one attached hydrogen (secondary N) is 2. The van der Waals surface area contributed by atoms with Gasteiger partial charge in [0.25, 0.3) is 0 Å². The molecule has 1 atom stereocenters. The Balaban J connectivity index is 2.18. The monoisotopic (exact) mass is 281 g/mol. The van der Waals surface area contributed by atoms with Gasteiger partial charge in [-0.3, -0.25) is 15.0 Å². The molecule has 2 rings (SSSR count). The largest absolute Gasteiger partial charge is 0.480 e. The summed E-state index contributed by atoms with van der Waals surface area (Å²) in [6.45, 7) is 5.73. The highest BCUT2D eigenvalue weighted by molar-refractivity contribution is 5.76. The molecule has 0 aromatic carbocycles. The first kappa shape index (κ1) is 14.4. The van der Waals surface area contributed by atoms with Gasteiger partial charge in [0, 0.05) is 31.1 Å². The molecule has 2 aliphatic heterocycles. The van der Waals surface area contributed by atoms with Crippen LogP contribution in [0.3, 0.4) is 0 Å². The minimum Gasteiger partial charge on any atom is -0.480 e. The van der Waals surface area contributed by atoms with Crippen LogP contribution in [0.4, 0.5) is 4.79 Å². The molecular formula is C13H19N3O4. The van der Waals surface area contributed by atoms with Gasteiger partial charge < -0.3 is 15.2 Å². The molecule has 0 saturated carbocycles. The molecule has 2 aliphatic rings. The number of rotatable bonds is 1. The van der Waals surface area contributed by atoms with Crippen molar-refractivity contribution in [2.45, 2.75) is 38.8 Å². The van der Waals surface area contributed by atoms with Gasteiger partial charge in [-0.25, -0.2) is 4.79 Å². The number of carboxylic acids is 1. The highest BCUT2D eigenvalue weighted by atomic mass is 16.6. The van der Waals surface area contributed by atoms with Crippen molar-refractivity contribution in [1.82, 2.24) is 15.5 Å². The van der Waals surface area contributed by atoms with Crippen molar-refractivity contribution in [3.63, 3.8) is 0 Å². The summed E-state index contributed by atoms with van der Waals surface area (Å²) in [6.07, 6.45) is 2.90. The third kappa shape index (κ3) is 3.11. The maximum atomic E-state index is 12.2. The molecule has 0 radical (unpaired) electrons. The molecule has 2 heterocycles. The molecule has 0 spiro atoms. The number of nitrogens with zero attached hydrogens (tertiary/aromatic N) is 1. The fourth-order valence-corrected chi connectivity index (χ4v) is 2.05. The Morgan fingerprint density at radius 3 is 2.75 bits per heavy atom. The van der Waals surface area contributed by atoms with Crippen LogP contribution >= 0.6 is 0 Å². The smallest absolute Gasteiger partial charge is 0.418 e. The van der Waals surface area contributed by atoms with E-state index in [0.29, 0.717) is 12.2 Å². The quantitative estimate of drug-likeness (QED) is 0.663. The van der Waals surface area contributed by atoms with Crippen molar-refractivity contribution in [2.75, 3.05) is 6.54 Å². The first-order valence-corrected chi connectivity index (χ1v) is 6.41. The fourth-order valence-electron chi connectivity index (χ4n) is 2.05. The highest BCUT2D eigenvalue weighted by Gasteiger charge is 2.33. The van der Waals surface area contributed by atoms with Crippen molar-refractivity contribution >= 4 is 12.1 Å². The van der Waals surface area contributed by atoms with Crippen molar-refractivity contribution in [3.05, 3.63) is 23.8 Å². The molecule has 3 N–H and O–H groups in total. The van der Waals surface area contributed by atoms with Crippen LogP contribution in [0.1, 0.15) is 27.2 Å². The standard InChI is InChI=1S/C13H19N3O4/c1-13(2,3)20-12(19)16-5-4-14-9-7-15-8(11(17)18)6-10(9)16/h4-5,8,14-15H,6-7H2,1-3H3,(H,17,18). The molecule has 7 nitrogen and oxygen atoms in total. The lowest BCUT2D eigenvalue weighted by Crippen LogP contribution is -2.48. The summed E-state index contributed by atoms with van der Waals surface area (Å²) in [6, 6.07) is -0.702. The molecule has 1 amide bonds. The topological polar surface area (TPSA) is 90.9 Å². The van der Waals surface area contributed by atoms with Crippen LogP contribution < -0.4 is 10.6 Å². The van der Waals surface area contributed by atoms with Crippen molar-refractivity contribution < 1.29 is 19.4 Å². The van der Waals surface area contributed by atoms with E-state index in [2.05, 4.69) is 10.6 Å². The lowest BCUT2D eigenvalue weighted by molar-refractivity contribution is -0.139. The molecular weight excluding hydrogens is 262 g/mol. The summed E-state index contributed by atoms with van der Waals surface area (Å²) in [4.78, 5) is 24.6. The van der Waals surface area contributed by atoms with Gasteiger partial charge in [-0.15, -0.1) is 0 Å². The van der Waals surface area contributed by atoms with Gasteiger partial charge in [-0.1, -0.05) is 0 Å². The molecule has 110 valence electrons. The van der Waals surface area contributed by atoms with Gasteiger partial charge in [-0.05, 0) is 20.8 Å². The van der Waals surface area contributed by atoms with E-state index in [0.717, 1.165) is 5.70 Å². The van der Waals surface area contributed by atoms with Gasteiger partial charge in [0.2, 0.25) is 0 Å².